The van der Waals surface area contributed by atoms with Crippen LogP contribution in [-0.2, 0) is 9.59 Å². The standard InChI is InChI=1S/C17H12N2O4/c18-11-12-5-7-13(8-6-12)23-15-4-2-1-3-14(15)19-16(20)9-10-17(21)22/h1-10H,(H,19,20)(H,21,22)/b10-9+. The first kappa shape index (κ1) is 15.8. The van der Waals surface area contributed by atoms with Gasteiger partial charge in [0.25, 0.3) is 0 Å². The van der Waals surface area contributed by atoms with Crippen molar-refractivity contribution in [2.24, 2.45) is 0 Å². The summed E-state index contributed by atoms with van der Waals surface area (Å²) in [5, 5.41) is 19.8. The Balaban J connectivity index is 2.15. The molecule has 0 unspecified atom stereocenters. The number of anilines is 1. The van der Waals surface area contributed by atoms with Gasteiger partial charge in [0.2, 0.25) is 5.91 Å². The zero-order valence-corrected chi connectivity index (χ0v) is 11.9. The average molecular weight is 308 g/mol. The van der Waals surface area contributed by atoms with Crippen molar-refractivity contribution in [3.05, 3.63) is 66.2 Å². The third-order valence-electron chi connectivity index (χ3n) is 2.73. The van der Waals surface area contributed by atoms with E-state index in [0.29, 0.717) is 22.7 Å². The fraction of sp³-hybridized carbons (Fsp3) is 0. The number of ether oxygens (including phenoxy) is 1. The van der Waals surface area contributed by atoms with E-state index in [9.17, 15) is 9.59 Å². The molecule has 0 saturated carbocycles. The summed E-state index contributed by atoms with van der Waals surface area (Å²) in [4.78, 5) is 22.1. The molecule has 2 N–H and O–H groups in total. The number of carboxylic acids is 1. The molecular formula is C17H12N2O4. The fourth-order valence-electron chi connectivity index (χ4n) is 1.70. The topological polar surface area (TPSA) is 99.4 Å². The number of carbonyl (C=O) groups excluding carboxylic acids is 1. The molecule has 0 aliphatic rings. The maximum absolute atomic E-state index is 11.7. The van der Waals surface area contributed by atoms with Gasteiger partial charge in [-0.3, -0.25) is 4.79 Å². The largest absolute Gasteiger partial charge is 0.478 e. The van der Waals surface area contributed by atoms with E-state index in [2.05, 4.69) is 5.32 Å². The van der Waals surface area contributed by atoms with Gasteiger partial charge < -0.3 is 15.2 Å². The number of carbonyl (C=O) groups is 2. The Morgan fingerprint density at radius 1 is 1.09 bits per heavy atom. The van der Waals surface area contributed by atoms with Gasteiger partial charge in [-0.05, 0) is 36.4 Å². The Morgan fingerprint density at radius 2 is 1.78 bits per heavy atom. The molecule has 1 amide bonds. The van der Waals surface area contributed by atoms with E-state index in [1.165, 1.54) is 0 Å². The van der Waals surface area contributed by atoms with Crippen LogP contribution < -0.4 is 10.1 Å². The summed E-state index contributed by atoms with van der Waals surface area (Å²) in [7, 11) is 0. The summed E-state index contributed by atoms with van der Waals surface area (Å²) < 4.78 is 5.67. The molecule has 0 spiro atoms. The summed E-state index contributed by atoms with van der Waals surface area (Å²) in [5.41, 5.74) is 0.912. The van der Waals surface area contributed by atoms with E-state index in [0.717, 1.165) is 12.2 Å². The summed E-state index contributed by atoms with van der Waals surface area (Å²) in [6.07, 6.45) is 1.67. The van der Waals surface area contributed by atoms with Crippen molar-refractivity contribution in [1.29, 1.82) is 5.26 Å². The van der Waals surface area contributed by atoms with Gasteiger partial charge in [0, 0.05) is 12.2 Å². The number of aliphatic carboxylic acids is 1. The minimum absolute atomic E-state index is 0.397. The molecule has 0 radical (unpaired) electrons. The van der Waals surface area contributed by atoms with E-state index in [4.69, 9.17) is 15.1 Å². The lowest BCUT2D eigenvalue weighted by Crippen LogP contribution is -2.09. The molecule has 2 rings (SSSR count). The molecule has 0 aliphatic heterocycles. The van der Waals surface area contributed by atoms with Crippen LogP contribution in [0.1, 0.15) is 5.56 Å². The van der Waals surface area contributed by atoms with E-state index in [1.807, 2.05) is 6.07 Å². The number of rotatable bonds is 5. The summed E-state index contributed by atoms with van der Waals surface area (Å²) in [5.74, 6) is -0.883. The first-order chi connectivity index (χ1) is 11.1. The summed E-state index contributed by atoms with van der Waals surface area (Å²) in [6.45, 7) is 0. The predicted molar refractivity (Wildman–Crippen MR) is 83.1 cm³/mol. The van der Waals surface area contributed by atoms with Gasteiger partial charge in [-0.15, -0.1) is 0 Å². The SMILES string of the molecule is N#Cc1ccc(Oc2ccccc2NC(=O)/C=C/C(=O)O)cc1. The highest BCUT2D eigenvalue weighted by Gasteiger charge is 2.07. The second-order valence-electron chi connectivity index (χ2n) is 4.40. The molecule has 23 heavy (non-hydrogen) atoms. The lowest BCUT2D eigenvalue weighted by molar-refractivity contribution is -0.131. The molecular weight excluding hydrogens is 296 g/mol. The van der Waals surface area contributed by atoms with Crippen molar-refractivity contribution in [1.82, 2.24) is 0 Å². The zero-order chi connectivity index (χ0) is 16.7. The molecule has 0 saturated heterocycles. The van der Waals surface area contributed by atoms with Crippen molar-refractivity contribution in [3.63, 3.8) is 0 Å². The van der Waals surface area contributed by atoms with Gasteiger partial charge in [-0.1, -0.05) is 12.1 Å². The fourth-order valence-corrected chi connectivity index (χ4v) is 1.70. The molecule has 114 valence electrons. The first-order valence-corrected chi connectivity index (χ1v) is 6.57. The monoisotopic (exact) mass is 308 g/mol. The molecule has 0 bridgehead atoms. The highest BCUT2D eigenvalue weighted by atomic mass is 16.5. The Labute approximate surface area is 132 Å². The van der Waals surface area contributed by atoms with E-state index >= 15 is 0 Å². The van der Waals surface area contributed by atoms with Gasteiger partial charge in [0.1, 0.15) is 5.75 Å². The molecule has 2 aromatic rings. The number of amides is 1. The maximum Gasteiger partial charge on any atom is 0.328 e. The first-order valence-electron chi connectivity index (χ1n) is 6.57. The van der Waals surface area contributed by atoms with Gasteiger partial charge in [-0.2, -0.15) is 5.26 Å². The van der Waals surface area contributed by atoms with Crippen LogP contribution in [-0.4, -0.2) is 17.0 Å². The summed E-state index contributed by atoms with van der Waals surface area (Å²) in [6, 6.07) is 15.3. The van der Waals surface area contributed by atoms with Crippen molar-refractivity contribution >= 4 is 17.6 Å². The molecule has 2 aromatic carbocycles. The smallest absolute Gasteiger partial charge is 0.328 e. The Hall–Kier alpha value is -3.59. The number of para-hydroxylation sites is 2. The normalized spacial score (nSPS) is 10.0. The van der Waals surface area contributed by atoms with Crippen molar-refractivity contribution < 1.29 is 19.4 Å². The van der Waals surface area contributed by atoms with Crippen molar-refractivity contribution in [2.45, 2.75) is 0 Å². The zero-order valence-electron chi connectivity index (χ0n) is 11.9. The van der Waals surface area contributed by atoms with Crippen molar-refractivity contribution in [2.75, 3.05) is 5.32 Å². The van der Waals surface area contributed by atoms with Gasteiger partial charge in [-0.25, -0.2) is 4.79 Å². The number of hydrogen-bond acceptors (Lipinski definition) is 4. The van der Waals surface area contributed by atoms with Crippen LogP contribution in [0.5, 0.6) is 11.5 Å². The van der Waals surface area contributed by atoms with Gasteiger partial charge in [0.05, 0.1) is 17.3 Å². The highest BCUT2D eigenvalue weighted by molar-refractivity contribution is 6.03. The molecule has 0 fully saturated rings. The van der Waals surface area contributed by atoms with Crippen LogP contribution in [0.15, 0.2) is 60.7 Å². The van der Waals surface area contributed by atoms with Crippen LogP contribution in [0, 0.1) is 11.3 Å². The minimum Gasteiger partial charge on any atom is -0.478 e. The molecule has 0 heterocycles. The van der Waals surface area contributed by atoms with Crippen LogP contribution >= 0.6 is 0 Å². The number of hydrogen-bond donors (Lipinski definition) is 2. The quantitative estimate of drug-likeness (QED) is 0.827. The molecule has 6 heteroatoms. The molecule has 0 atom stereocenters. The molecule has 0 aliphatic carbocycles. The minimum atomic E-state index is -1.21. The second kappa shape index (κ2) is 7.43. The number of nitrogens with zero attached hydrogens (tertiary/aromatic N) is 1. The Bertz CT molecular complexity index is 789. The number of nitriles is 1. The third-order valence-corrected chi connectivity index (χ3v) is 2.73. The number of carboxylic acid groups (broad SMARTS) is 1. The van der Waals surface area contributed by atoms with Gasteiger partial charge >= 0.3 is 5.97 Å². The Kier molecular flexibility index (Phi) is 5.10. The highest BCUT2D eigenvalue weighted by Crippen LogP contribution is 2.29. The van der Waals surface area contributed by atoms with Crippen LogP contribution in [0.25, 0.3) is 0 Å². The predicted octanol–water partition coefficient (Wildman–Crippen LogP) is 2.93. The second-order valence-corrected chi connectivity index (χ2v) is 4.40. The number of benzene rings is 2. The van der Waals surface area contributed by atoms with E-state index in [1.54, 1.807) is 48.5 Å². The van der Waals surface area contributed by atoms with E-state index < -0.39 is 11.9 Å². The lowest BCUT2D eigenvalue weighted by Gasteiger charge is -2.11. The van der Waals surface area contributed by atoms with Gasteiger partial charge in [0.15, 0.2) is 5.75 Å². The molecule has 0 aromatic heterocycles. The van der Waals surface area contributed by atoms with Crippen LogP contribution in [0.2, 0.25) is 0 Å². The van der Waals surface area contributed by atoms with E-state index in [-0.39, 0.29) is 0 Å². The lowest BCUT2D eigenvalue weighted by atomic mass is 10.2. The Morgan fingerprint density at radius 3 is 2.43 bits per heavy atom. The number of nitrogens with one attached hydrogen (secondary N) is 1. The van der Waals surface area contributed by atoms with Crippen LogP contribution in [0.4, 0.5) is 5.69 Å². The average Bonchev–Trinajstić information content (AvgIpc) is 2.55. The van der Waals surface area contributed by atoms with Crippen molar-refractivity contribution in [3.8, 4) is 17.6 Å². The summed E-state index contributed by atoms with van der Waals surface area (Å²) >= 11 is 0. The molecule has 6 nitrogen and oxygen atoms in total. The maximum atomic E-state index is 11.7. The third kappa shape index (κ3) is 4.72. The van der Waals surface area contributed by atoms with Crippen LogP contribution in [0.3, 0.4) is 0 Å².